The molecule has 1 rings (SSSR count). The lowest BCUT2D eigenvalue weighted by molar-refractivity contribution is -0.139. The summed E-state index contributed by atoms with van der Waals surface area (Å²) < 4.78 is 18.1. The van der Waals surface area contributed by atoms with E-state index in [1.165, 1.54) is 6.07 Å². The molecule has 0 saturated carbocycles. The zero-order valence-electron chi connectivity index (χ0n) is 8.24. The van der Waals surface area contributed by atoms with Crippen molar-refractivity contribution in [3.8, 4) is 5.75 Å². The summed E-state index contributed by atoms with van der Waals surface area (Å²) in [6.07, 6.45) is 0. The molecule has 0 aliphatic rings. The third-order valence-corrected chi connectivity index (χ3v) is 1.89. The number of carboxylic acids is 1. The van der Waals surface area contributed by atoms with E-state index in [2.05, 4.69) is 0 Å². The van der Waals surface area contributed by atoms with E-state index in [4.69, 9.17) is 15.6 Å². The molecule has 5 heteroatoms. The fourth-order valence-corrected chi connectivity index (χ4v) is 0.921. The second kappa shape index (κ2) is 4.75. The van der Waals surface area contributed by atoms with Crippen LogP contribution in [-0.4, -0.2) is 23.7 Å². The smallest absolute Gasteiger partial charge is 0.324 e. The Hall–Kier alpha value is -1.62. The van der Waals surface area contributed by atoms with Crippen LogP contribution in [-0.2, 0) is 4.79 Å². The molecule has 0 bridgehead atoms. The van der Waals surface area contributed by atoms with Gasteiger partial charge in [-0.05, 0) is 18.6 Å². The van der Waals surface area contributed by atoms with Crippen molar-refractivity contribution in [1.82, 2.24) is 0 Å². The van der Waals surface area contributed by atoms with Crippen LogP contribution in [0.5, 0.6) is 5.75 Å². The normalized spacial score (nSPS) is 12.2. The number of carbonyl (C=O) groups is 1. The summed E-state index contributed by atoms with van der Waals surface area (Å²) in [7, 11) is 0. The summed E-state index contributed by atoms with van der Waals surface area (Å²) in [4.78, 5) is 10.4. The zero-order chi connectivity index (χ0) is 11.4. The predicted molar refractivity (Wildman–Crippen MR) is 52.2 cm³/mol. The first-order valence-corrected chi connectivity index (χ1v) is 4.38. The van der Waals surface area contributed by atoms with Crippen LogP contribution in [0.4, 0.5) is 4.39 Å². The molecule has 0 saturated heterocycles. The SMILES string of the molecule is Cc1ccc(OCC(N)C(=O)O)cc1F. The molecule has 4 nitrogen and oxygen atoms in total. The monoisotopic (exact) mass is 213 g/mol. The van der Waals surface area contributed by atoms with E-state index < -0.39 is 17.8 Å². The van der Waals surface area contributed by atoms with Gasteiger partial charge in [-0.2, -0.15) is 0 Å². The van der Waals surface area contributed by atoms with Crippen molar-refractivity contribution in [2.75, 3.05) is 6.61 Å². The Balaban J connectivity index is 2.58. The van der Waals surface area contributed by atoms with E-state index in [-0.39, 0.29) is 12.4 Å². The molecule has 1 aromatic rings. The van der Waals surface area contributed by atoms with Gasteiger partial charge in [0.2, 0.25) is 0 Å². The summed E-state index contributed by atoms with van der Waals surface area (Å²) in [6, 6.07) is 3.21. The lowest BCUT2D eigenvalue weighted by Gasteiger charge is -2.09. The standard InChI is InChI=1S/C10H12FNO3/c1-6-2-3-7(4-8(6)11)15-5-9(12)10(13)14/h2-4,9H,5,12H2,1H3,(H,13,14). The van der Waals surface area contributed by atoms with Crippen LogP contribution >= 0.6 is 0 Å². The number of aryl methyl sites for hydroxylation is 1. The first kappa shape index (κ1) is 11.5. The summed E-state index contributed by atoms with van der Waals surface area (Å²) in [5, 5.41) is 8.48. The highest BCUT2D eigenvalue weighted by molar-refractivity contribution is 5.73. The minimum Gasteiger partial charge on any atom is -0.491 e. The van der Waals surface area contributed by atoms with Gasteiger partial charge < -0.3 is 15.6 Å². The van der Waals surface area contributed by atoms with Gasteiger partial charge in [-0.3, -0.25) is 4.79 Å². The van der Waals surface area contributed by atoms with E-state index in [1.807, 2.05) is 0 Å². The molecule has 0 aliphatic heterocycles. The first-order valence-electron chi connectivity index (χ1n) is 4.38. The average Bonchev–Trinajstić information content (AvgIpc) is 2.19. The van der Waals surface area contributed by atoms with Crippen LogP contribution < -0.4 is 10.5 Å². The number of hydrogen-bond donors (Lipinski definition) is 2. The third-order valence-electron chi connectivity index (χ3n) is 1.89. The van der Waals surface area contributed by atoms with Crippen LogP contribution in [0.15, 0.2) is 18.2 Å². The van der Waals surface area contributed by atoms with Crippen molar-refractivity contribution in [3.05, 3.63) is 29.6 Å². The number of nitrogens with two attached hydrogens (primary N) is 1. The number of rotatable bonds is 4. The molecule has 0 fully saturated rings. The predicted octanol–water partition coefficient (Wildman–Crippen LogP) is 0.925. The van der Waals surface area contributed by atoms with Gasteiger partial charge in [0.15, 0.2) is 0 Å². The quantitative estimate of drug-likeness (QED) is 0.780. The van der Waals surface area contributed by atoms with Crippen molar-refractivity contribution >= 4 is 5.97 Å². The molecule has 0 heterocycles. The van der Waals surface area contributed by atoms with E-state index in [0.29, 0.717) is 5.56 Å². The minimum absolute atomic E-state index is 0.183. The number of aliphatic carboxylic acids is 1. The van der Waals surface area contributed by atoms with Gasteiger partial charge in [-0.25, -0.2) is 4.39 Å². The number of benzene rings is 1. The fourth-order valence-electron chi connectivity index (χ4n) is 0.921. The zero-order valence-corrected chi connectivity index (χ0v) is 8.24. The Morgan fingerprint density at radius 1 is 1.67 bits per heavy atom. The summed E-state index contributed by atoms with van der Waals surface area (Å²) >= 11 is 0. The maximum Gasteiger partial charge on any atom is 0.324 e. The number of carboxylic acid groups (broad SMARTS) is 1. The third kappa shape index (κ3) is 3.21. The van der Waals surface area contributed by atoms with Crippen molar-refractivity contribution in [2.24, 2.45) is 5.73 Å². The largest absolute Gasteiger partial charge is 0.491 e. The van der Waals surface area contributed by atoms with Crippen molar-refractivity contribution in [2.45, 2.75) is 13.0 Å². The van der Waals surface area contributed by atoms with Crippen LogP contribution in [0, 0.1) is 12.7 Å². The Morgan fingerprint density at radius 3 is 2.87 bits per heavy atom. The summed E-state index contributed by atoms with van der Waals surface area (Å²) in [6.45, 7) is 1.44. The lowest BCUT2D eigenvalue weighted by atomic mass is 10.2. The van der Waals surface area contributed by atoms with Gasteiger partial charge in [0.1, 0.15) is 24.2 Å². The molecule has 0 aromatic heterocycles. The van der Waals surface area contributed by atoms with Gasteiger partial charge in [0, 0.05) is 6.07 Å². The maximum atomic E-state index is 13.0. The van der Waals surface area contributed by atoms with E-state index in [0.717, 1.165) is 0 Å². The second-order valence-corrected chi connectivity index (χ2v) is 3.17. The number of ether oxygens (including phenoxy) is 1. The molecular formula is C10H12FNO3. The topological polar surface area (TPSA) is 72.5 Å². The van der Waals surface area contributed by atoms with Gasteiger partial charge in [-0.15, -0.1) is 0 Å². The Kier molecular flexibility index (Phi) is 3.62. The maximum absolute atomic E-state index is 13.0. The highest BCUT2D eigenvalue weighted by Crippen LogP contribution is 2.15. The van der Waals surface area contributed by atoms with Crippen molar-refractivity contribution in [1.29, 1.82) is 0 Å². The Bertz CT molecular complexity index is 368. The van der Waals surface area contributed by atoms with E-state index >= 15 is 0 Å². The summed E-state index contributed by atoms with van der Waals surface area (Å²) in [5.41, 5.74) is 5.72. The molecular weight excluding hydrogens is 201 g/mol. The van der Waals surface area contributed by atoms with Gasteiger partial charge in [-0.1, -0.05) is 6.07 Å². The molecule has 1 atom stereocenters. The first-order chi connectivity index (χ1) is 7.00. The van der Waals surface area contributed by atoms with E-state index in [9.17, 15) is 9.18 Å². The molecule has 0 spiro atoms. The van der Waals surface area contributed by atoms with Gasteiger partial charge in [0.05, 0.1) is 0 Å². The molecule has 15 heavy (non-hydrogen) atoms. The van der Waals surface area contributed by atoms with Crippen molar-refractivity contribution in [3.63, 3.8) is 0 Å². The molecule has 0 amide bonds. The van der Waals surface area contributed by atoms with Crippen LogP contribution in [0.1, 0.15) is 5.56 Å². The lowest BCUT2D eigenvalue weighted by Crippen LogP contribution is -2.36. The molecule has 1 unspecified atom stereocenters. The average molecular weight is 213 g/mol. The molecule has 0 aliphatic carbocycles. The summed E-state index contributed by atoms with van der Waals surface area (Å²) in [5.74, 6) is -1.27. The number of halogens is 1. The Morgan fingerprint density at radius 2 is 2.33 bits per heavy atom. The van der Waals surface area contributed by atoms with Crippen LogP contribution in [0.3, 0.4) is 0 Å². The van der Waals surface area contributed by atoms with Crippen LogP contribution in [0.25, 0.3) is 0 Å². The van der Waals surface area contributed by atoms with Crippen LogP contribution in [0.2, 0.25) is 0 Å². The molecule has 0 radical (unpaired) electrons. The molecule has 82 valence electrons. The molecule has 1 aromatic carbocycles. The highest BCUT2D eigenvalue weighted by atomic mass is 19.1. The van der Waals surface area contributed by atoms with Gasteiger partial charge >= 0.3 is 5.97 Å². The molecule has 3 N–H and O–H groups in total. The second-order valence-electron chi connectivity index (χ2n) is 3.17. The van der Waals surface area contributed by atoms with Crippen molar-refractivity contribution < 1.29 is 19.0 Å². The van der Waals surface area contributed by atoms with E-state index in [1.54, 1.807) is 19.1 Å². The fraction of sp³-hybridized carbons (Fsp3) is 0.300. The highest BCUT2D eigenvalue weighted by Gasteiger charge is 2.12. The van der Waals surface area contributed by atoms with Gasteiger partial charge in [0.25, 0.3) is 0 Å². The number of hydrogen-bond acceptors (Lipinski definition) is 3. The minimum atomic E-state index is -1.15. The Labute approximate surface area is 86.5 Å².